The van der Waals surface area contributed by atoms with Crippen LogP contribution in [-0.4, -0.2) is 47.6 Å². The average Bonchev–Trinajstić information content (AvgIpc) is 2.74. The molecular weight excluding hydrogens is 232 g/mol. The average molecular weight is 256 g/mol. The van der Waals surface area contributed by atoms with Gasteiger partial charge in [-0.1, -0.05) is 19.9 Å². The number of unbranched alkanes of at least 4 members (excludes halogenated alkanes) is 1. The Kier molecular flexibility index (Phi) is 7.87. The summed E-state index contributed by atoms with van der Waals surface area (Å²) in [5.74, 6) is -0.309. The van der Waals surface area contributed by atoms with Gasteiger partial charge in [0.25, 0.3) is 0 Å². The Hall–Kier alpha value is -1.49. The van der Waals surface area contributed by atoms with Crippen LogP contribution in [0.1, 0.15) is 26.7 Å². The molecule has 0 amide bonds. The second kappa shape index (κ2) is 8.58. The molecule has 0 atom stereocenters. The van der Waals surface area contributed by atoms with E-state index in [4.69, 9.17) is 4.74 Å². The first kappa shape index (κ1) is 16.5. The predicted octanol–water partition coefficient (Wildman–Crippen LogP) is 1.13. The molecule has 18 heavy (non-hydrogen) atoms. The topological polar surface area (TPSA) is 64.3 Å². The Bertz CT molecular complexity index is 303. The highest BCUT2D eigenvalue weighted by molar-refractivity contribution is 5.86. The van der Waals surface area contributed by atoms with Crippen molar-refractivity contribution >= 4 is 5.97 Å². The third-order valence-electron chi connectivity index (χ3n) is 2.61. The van der Waals surface area contributed by atoms with Crippen LogP contribution in [0.2, 0.25) is 0 Å². The predicted molar refractivity (Wildman–Crippen MR) is 71.7 cm³/mol. The summed E-state index contributed by atoms with van der Waals surface area (Å²) in [5.41, 5.74) is 0.450. The van der Waals surface area contributed by atoms with E-state index in [1.165, 1.54) is 12.8 Å². The number of carbonyl (C=O) groups excluding carboxylic acids is 1. The molecule has 2 N–H and O–H groups in total. The summed E-state index contributed by atoms with van der Waals surface area (Å²) in [5, 5.41) is 0. The summed E-state index contributed by atoms with van der Waals surface area (Å²) in [6, 6.07) is 0. The second-order valence-corrected chi connectivity index (χ2v) is 4.33. The lowest BCUT2D eigenvalue weighted by Gasteiger charge is -2.20. The number of hydrogen-bond donors (Lipinski definition) is 0. The van der Waals surface area contributed by atoms with Crippen molar-refractivity contribution in [3.05, 3.63) is 24.6 Å². The minimum absolute atomic E-state index is 0. The van der Waals surface area contributed by atoms with Crippen molar-refractivity contribution in [2.24, 2.45) is 0 Å². The van der Waals surface area contributed by atoms with Gasteiger partial charge in [0.2, 0.25) is 0 Å². The highest BCUT2D eigenvalue weighted by atomic mass is 16.5. The second-order valence-electron chi connectivity index (χ2n) is 4.33. The molecule has 0 aromatic rings. The van der Waals surface area contributed by atoms with Crippen molar-refractivity contribution in [2.45, 2.75) is 26.7 Å². The summed E-state index contributed by atoms with van der Waals surface area (Å²) < 4.78 is 5.05. The van der Waals surface area contributed by atoms with Crippen LogP contribution in [-0.2, 0) is 9.53 Å². The van der Waals surface area contributed by atoms with E-state index in [2.05, 4.69) is 29.5 Å². The monoisotopic (exact) mass is 256 g/mol. The molecule has 104 valence electrons. The normalized spacial score (nSPS) is 13.4. The fourth-order valence-corrected chi connectivity index (χ4v) is 1.55. The van der Waals surface area contributed by atoms with E-state index in [-0.39, 0.29) is 11.4 Å². The SMILES string of the molecule is C=C(C)C(=O)OCCN1C=CN(CCCC)C1.O. The van der Waals surface area contributed by atoms with Gasteiger partial charge in [-0.25, -0.2) is 4.79 Å². The molecular formula is C13H24N2O3. The maximum Gasteiger partial charge on any atom is 0.333 e. The number of ether oxygens (including phenoxy) is 1. The van der Waals surface area contributed by atoms with Gasteiger partial charge in [0.1, 0.15) is 6.61 Å². The largest absolute Gasteiger partial charge is 0.460 e. The molecule has 0 unspecified atom stereocenters. The molecule has 1 aliphatic heterocycles. The lowest BCUT2D eigenvalue weighted by molar-refractivity contribution is -0.139. The summed E-state index contributed by atoms with van der Waals surface area (Å²) in [6.07, 6.45) is 6.56. The van der Waals surface area contributed by atoms with Gasteiger partial charge in [-0.15, -0.1) is 0 Å². The van der Waals surface area contributed by atoms with Crippen LogP contribution in [0.15, 0.2) is 24.6 Å². The van der Waals surface area contributed by atoms with Crippen molar-refractivity contribution in [1.82, 2.24) is 9.80 Å². The number of nitrogens with zero attached hydrogens (tertiary/aromatic N) is 2. The molecule has 0 radical (unpaired) electrons. The van der Waals surface area contributed by atoms with Crippen molar-refractivity contribution < 1.29 is 15.0 Å². The summed E-state index contributed by atoms with van der Waals surface area (Å²) in [6.45, 7) is 10.5. The van der Waals surface area contributed by atoms with E-state index < -0.39 is 0 Å². The molecule has 0 aromatic carbocycles. The highest BCUT2D eigenvalue weighted by Gasteiger charge is 2.11. The molecule has 5 heteroatoms. The van der Waals surface area contributed by atoms with Crippen LogP contribution in [0, 0.1) is 0 Å². The molecule has 1 rings (SSSR count). The molecule has 0 spiro atoms. The van der Waals surface area contributed by atoms with Gasteiger partial charge in [0.15, 0.2) is 0 Å². The number of rotatable bonds is 7. The Morgan fingerprint density at radius 1 is 1.33 bits per heavy atom. The Labute approximate surface area is 109 Å². The van der Waals surface area contributed by atoms with Gasteiger partial charge in [-0.3, -0.25) is 0 Å². The molecule has 1 aliphatic rings. The Morgan fingerprint density at radius 2 is 1.94 bits per heavy atom. The van der Waals surface area contributed by atoms with E-state index in [9.17, 15) is 4.79 Å². The van der Waals surface area contributed by atoms with Gasteiger partial charge < -0.3 is 20.0 Å². The highest BCUT2D eigenvalue weighted by Crippen LogP contribution is 2.07. The molecule has 5 nitrogen and oxygen atoms in total. The zero-order valence-corrected chi connectivity index (χ0v) is 11.3. The summed E-state index contributed by atoms with van der Waals surface area (Å²) in [4.78, 5) is 15.6. The molecule has 0 saturated carbocycles. The van der Waals surface area contributed by atoms with Crippen LogP contribution >= 0.6 is 0 Å². The molecule has 0 bridgehead atoms. The van der Waals surface area contributed by atoms with Gasteiger partial charge in [-0.05, 0) is 13.3 Å². The number of hydrogen-bond acceptors (Lipinski definition) is 4. The molecule has 1 heterocycles. The minimum Gasteiger partial charge on any atom is -0.460 e. The first-order valence-corrected chi connectivity index (χ1v) is 6.12. The van der Waals surface area contributed by atoms with Crippen molar-refractivity contribution in [2.75, 3.05) is 26.4 Å². The van der Waals surface area contributed by atoms with E-state index >= 15 is 0 Å². The number of carbonyl (C=O) groups is 1. The van der Waals surface area contributed by atoms with E-state index in [0.29, 0.717) is 12.2 Å². The smallest absolute Gasteiger partial charge is 0.333 e. The zero-order valence-electron chi connectivity index (χ0n) is 11.3. The van der Waals surface area contributed by atoms with Crippen LogP contribution < -0.4 is 0 Å². The Morgan fingerprint density at radius 3 is 2.50 bits per heavy atom. The minimum atomic E-state index is -0.309. The van der Waals surface area contributed by atoms with Gasteiger partial charge in [0, 0.05) is 24.5 Å². The van der Waals surface area contributed by atoms with Gasteiger partial charge in [-0.2, -0.15) is 0 Å². The lowest BCUT2D eigenvalue weighted by atomic mass is 10.3. The third-order valence-corrected chi connectivity index (χ3v) is 2.61. The third kappa shape index (κ3) is 5.72. The maximum absolute atomic E-state index is 11.2. The quantitative estimate of drug-likeness (QED) is 0.506. The van der Waals surface area contributed by atoms with Crippen LogP contribution in [0.25, 0.3) is 0 Å². The fraction of sp³-hybridized carbons (Fsp3) is 0.615. The van der Waals surface area contributed by atoms with E-state index in [1.54, 1.807) is 6.92 Å². The number of esters is 1. The van der Waals surface area contributed by atoms with Crippen LogP contribution in [0.5, 0.6) is 0 Å². The summed E-state index contributed by atoms with van der Waals surface area (Å²) in [7, 11) is 0. The molecule has 0 aliphatic carbocycles. The lowest BCUT2D eigenvalue weighted by Crippen LogP contribution is -2.29. The zero-order chi connectivity index (χ0) is 12.7. The molecule has 0 fully saturated rings. The van der Waals surface area contributed by atoms with Gasteiger partial charge >= 0.3 is 5.97 Å². The van der Waals surface area contributed by atoms with Crippen molar-refractivity contribution in [3.8, 4) is 0 Å². The van der Waals surface area contributed by atoms with Crippen molar-refractivity contribution in [1.29, 1.82) is 0 Å². The van der Waals surface area contributed by atoms with E-state index in [0.717, 1.165) is 19.8 Å². The van der Waals surface area contributed by atoms with Gasteiger partial charge in [0.05, 0.1) is 13.2 Å². The molecule has 0 saturated heterocycles. The maximum atomic E-state index is 11.2. The van der Waals surface area contributed by atoms with E-state index in [1.807, 2.05) is 6.20 Å². The Balaban J connectivity index is 0.00000289. The van der Waals surface area contributed by atoms with Crippen LogP contribution in [0.3, 0.4) is 0 Å². The first-order chi connectivity index (χ1) is 8.13. The first-order valence-electron chi connectivity index (χ1n) is 6.12. The summed E-state index contributed by atoms with van der Waals surface area (Å²) >= 11 is 0. The fourth-order valence-electron chi connectivity index (χ4n) is 1.55. The van der Waals surface area contributed by atoms with Crippen molar-refractivity contribution in [3.63, 3.8) is 0 Å². The standard InChI is InChI=1S/C13H22N2O2.H2O/c1-4-5-6-14-7-8-15(11-14)9-10-17-13(16)12(2)3;/h7-8H,2,4-6,9-11H2,1,3H3;1H2. The molecule has 0 aromatic heterocycles. The van der Waals surface area contributed by atoms with Crippen LogP contribution in [0.4, 0.5) is 0 Å².